The Morgan fingerprint density at radius 3 is 2.65 bits per heavy atom. The molecule has 3 heteroatoms. The fourth-order valence-corrected chi connectivity index (χ4v) is 3.53. The quantitative estimate of drug-likeness (QED) is 0.683. The van der Waals surface area contributed by atoms with E-state index in [0.717, 1.165) is 18.8 Å². The summed E-state index contributed by atoms with van der Waals surface area (Å²) in [5.41, 5.74) is -0.0753. The van der Waals surface area contributed by atoms with Crippen molar-refractivity contribution < 1.29 is 5.11 Å². The van der Waals surface area contributed by atoms with Crippen LogP contribution >= 0.6 is 0 Å². The summed E-state index contributed by atoms with van der Waals surface area (Å²) in [4.78, 5) is 2.63. The molecule has 3 nitrogen and oxygen atoms in total. The monoisotopic (exact) mass is 284 g/mol. The Balaban J connectivity index is 2.36. The number of aliphatic hydroxyl groups excluding tert-OH is 1. The fraction of sp³-hybridized carbons (Fsp3) is 1.00. The lowest BCUT2D eigenvalue weighted by Gasteiger charge is -2.36. The molecule has 0 aromatic carbocycles. The molecule has 20 heavy (non-hydrogen) atoms. The van der Waals surface area contributed by atoms with Crippen LogP contribution in [0.1, 0.15) is 66.2 Å². The molecular formula is C17H36N2O. The Hall–Kier alpha value is -0.120. The van der Waals surface area contributed by atoms with Gasteiger partial charge in [-0.05, 0) is 51.1 Å². The van der Waals surface area contributed by atoms with Gasteiger partial charge in [-0.3, -0.25) is 0 Å². The van der Waals surface area contributed by atoms with Crippen LogP contribution in [0.2, 0.25) is 0 Å². The van der Waals surface area contributed by atoms with Gasteiger partial charge in [0.05, 0.1) is 6.61 Å². The summed E-state index contributed by atoms with van der Waals surface area (Å²) >= 11 is 0. The van der Waals surface area contributed by atoms with Crippen LogP contribution in [-0.2, 0) is 0 Å². The lowest BCUT2D eigenvalue weighted by molar-refractivity contribution is 0.121. The third-order valence-electron chi connectivity index (χ3n) is 4.88. The molecule has 1 fully saturated rings. The second-order valence-electron chi connectivity index (χ2n) is 6.91. The smallest absolute Gasteiger partial charge is 0.0613 e. The van der Waals surface area contributed by atoms with Crippen LogP contribution in [0, 0.1) is 5.92 Å². The van der Waals surface area contributed by atoms with Gasteiger partial charge in [0, 0.05) is 18.1 Å². The Morgan fingerprint density at radius 2 is 2.10 bits per heavy atom. The molecule has 0 aromatic heterocycles. The minimum Gasteiger partial charge on any atom is -0.394 e. The average molecular weight is 284 g/mol. The normalized spacial score (nSPS) is 24.0. The molecule has 2 N–H and O–H groups in total. The van der Waals surface area contributed by atoms with Crippen molar-refractivity contribution in [1.29, 1.82) is 0 Å². The van der Waals surface area contributed by atoms with Crippen molar-refractivity contribution in [3.05, 3.63) is 0 Å². The molecule has 120 valence electrons. The molecular weight excluding hydrogens is 248 g/mol. The van der Waals surface area contributed by atoms with Crippen LogP contribution in [0.3, 0.4) is 0 Å². The lowest BCUT2D eigenvalue weighted by atomic mass is 9.89. The molecule has 1 aliphatic rings. The topological polar surface area (TPSA) is 35.5 Å². The minimum absolute atomic E-state index is 0.0753. The first kappa shape index (κ1) is 17.9. The third-order valence-corrected chi connectivity index (χ3v) is 4.88. The zero-order valence-electron chi connectivity index (χ0n) is 14.1. The van der Waals surface area contributed by atoms with Crippen LogP contribution in [0.25, 0.3) is 0 Å². The Labute approximate surface area is 126 Å². The average Bonchev–Trinajstić information content (AvgIpc) is 2.46. The maximum absolute atomic E-state index is 9.77. The largest absolute Gasteiger partial charge is 0.394 e. The van der Waals surface area contributed by atoms with Crippen molar-refractivity contribution in [2.24, 2.45) is 5.92 Å². The van der Waals surface area contributed by atoms with E-state index < -0.39 is 0 Å². The summed E-state index contributed by atoms with van der Waals surface area (Å²) in [5.74, 6) is 0.909. The van der Waals surface area contributed by atoms with Crippen molar-refractivity contribution in [1.82, 2.24) is 10.2 Å². The number of likely N-dealkylation sites (tertiary alicyclic amines) is 1. The van der Waals surface area contributed by atoms with E-state index in [1.165, 1.54) is 45.3 Å². The molecule has 0 saturated carbocycles. The number of piperidine rings is 1. The lowest BCUT2D eigenvalue weighted by Crippen LogP contribution is -2.51. The molecule has 0 aliphatic carbocycles. The highest BCUT2D eigenvalue weighted by molar-refractivity contribution is 4.88. The van der Waals surface area contributed by atoms with Crippen LogP contribution in [0.4, 0.5) is 0 Å². The summed E-state index contributed by atoms with van der Waals surface area (Å²) in [5, 5.41) is 13.3. The van der Waals surface area contributed by atoms with E-state index in [4.69, 9.17) is 0 Å². The second-order valence-corrected chi connectivity index (χ2v) is 6.91. The number of hydrogen-bond donors (Lipinski definition) is 2. The fourth-order valence-electron chi connectivity index (χ4n) is 3.53. The molecule has 1 heterocycles. The highest BCUT2D eigenvalue weighted by atomic mass is 16.3. The third kappa shape index (κ3) is 5.71. The van der Waals surface area contributed by atoms with E-state index in [9.17, 15) is 5.11 Å². The van der Waals surface area contributed by atoms with Gasteiger partial charge in [-0.15, -0.1) is 0 Å². The first-order valence-electron chi connectivity index (χ1n) is 8.66. The summed E-state index contributed by atoms with van der Waals surface area (Å²) in [6, 6.07) is 0.432. The molecule has 0 spiro atoms. The highest BCUT2D eigenvalue weighted by Gasteiger charge is 2.27. The van der Waals surface area contributed by atoms with Gasteiger partial charge in [0.15, 0.2) is 0 Å². The molecule has 2 atom stereocenters. The van der Waals surface area contributed by atoms with Gasteiger partial charge < -0.3 is 15.3 Å². The van der Waals surface area contributed by atoms with Gasteiger partial charge in [-0.25, -0.2) is 0 Å². The van der Waals surface area contributed by atoms with Crippen LogP contribution in [0.5, 0.6) is 0 Å². The number of nitrogens with zero attached hydrogens (tertiary/aromatic N) is 1. The van der Waals surface area contributed by atoms with Crippen molar-refractivity contribution in [2.45, 2.75) is 77.8 Å². The zero-order valence-corrected chi connectivity index (χ0v) is 14.1. The summed E-state index contributed by atoms with van der Waals surface area (Å²) in [6.07, 6.45) is 7.36. The SMILES string of the molecule is CCC1CCCN(CCCC(CC)(CO)NC(C)C)C1. The number of hydrogen-bond acceptors (Lipinski definition) is 3. The Morgan fingerprint density at radius 1 is 1.35 bits per heavy atom. The first-order chi connectivity index (χ1) is 9.55. The van der Waals surface area contributed by atoms with E-state index >= 15 is 0 Å². The maximum atomic E-state index is 9.77. The van der Waals surface area contributed by atoms with Gasteiger partial charge in [0.1, 0.15) is 0 Å². The molecule has 0 amide bonds. The van der Waals surface area contributed by atoms with E-state index in [1.807, 2.05) is 0 Å². The molecule has 0 radical (unpaired) electrons. The van der Waals surface area contributed by atoms with Gasteiger partial charge in [-0.1, -0.05) is 34.1 Å². The van der Waals surface area contributed by atoms with Gasteiger partial charge >= 0.3 is 0 Å². The highest BCUT2D eigenvalue weighted by Crippen LogP contribution is 2.22. The summed E-state index contributed by atoms with van der Waals surface area (Å²) in [6.45, 7) is 12.8. The number of rotatable bonds is 9. The molecule has 0 aromatic rings. The summed E-state index contributed by atoms with van der Waals surface area (Å²) < 4.78 is 0. The zero-order chi connectivity index (χ0) is 15.0. The number of nitrogens with one attached hydrogen (secondary N) is 1. The summed E-state index contributed by atoms with van der Waals surface area (Å²) in [7, 11) is 0. The second kappa shape index (κ2) is 9.01. The maximum Gasteiger partial charge on any atom is 0.0613 e. The van der Waals surface area contributed by atoms with Gasteiger partial charge in [0.2, 0.25) is 0 Å². The van der Waals surface area contributed by atoms with E-state index in [-0.39, 0.29) is 12.1 Å². The van der Waals surface area contributed by atoms with Crippen molar-refractivity contribution in [2.75, 3.05) is 26.2 Å². The Bertz CT molecular complexity index is 251. The predicted octanol–water partition coefficient (Wildman–Crippen LogP) is 3.03. The molecule has 1 aliphatic heterocycles. The van der Waals surface area contributed by atoms with Crippen molar-refractivity contribution >= 4 is 0 Å². The first-order valence-corrected chi connectivity index (χ1v) is 8.66. The number of aliphatic hydroxyl groups is 1. The van der Waals surface area contributed by atoms with Crippen molar-refractivity contribution in [3.63, 3.8) is 0 Å². The molecule has 0 bridgehead atoms. The van der Waals surface area contributed by atoms with Crippen LogP contribution < -0.4 is 5.32 Å². The van der Waals surface area contributed by atoms with E-state index in [1.54, 1.807) is 0 Å². The van der Waals surface area contributed by atoms with Crippen LogP contribution in [0.15, 0.2) is 0 Å². The molecule has 2 unspecified atom stereocenters. The van der Waals surface area contributed by atoms with Gasteiger partial charge in [-0.2, -0.15) is 0 Å². The molecule has 1 saturated heterocycles. The molecule has 1 rings (SSSR count). The standard InChI is InChI=1S/C17H36N2O/c1-5-16-9-7-11-19(13-16)12-8-10-17(6-2,14-20)18-15(3)4/h15-16,18,20H,5-14H2,1-4H3. The Kier molecular flexibility index (Phi) is 8.08. The van der Waals surface area contributed by atoms with Crippen LogP contribution in [-0.4, -0.2) is 47.8 Å². The van der Waals surface area contributed by atoms with Crippen molar-refractivity contribution in [3.8, 4) is 0 Å². The minimum atomic E-state index is -0.0753. The van der Waals surface area contributed by atoms with E-state index in [2.05, 4.69) is 37.9 Å². The van der Waals surface area contributed by atoms with E-state index in [0.29, 0.717) is 6.04 Å². The predicted molar refractivity (Wildman–Crippen MR) is 87.1 cm³/mol. The van der Waals surface area contributed by atoms with Gasteiger partial charge in [0.25, 0.3) is 0 Å².